The van der Waals surface area contributed by atoms with E-state index in [1.807, 2.05) is 24.5 Å². The highest BCUT2D eigenvalue weighted by molar-refractivity contribution is 8.00. The standard InChI is InChI=1S/C9H9NOS2/c1-11-7-5-3-4-6-8(7)13-9(10-6)12-2/h3-5H,1-2H3. The number of thiazole rings is 1. The molecule has 2 aromatic rings. The molecule has 13 heavy (non-hydrogen) atoms. The van der Waals surface area contributed by atoms with Crippen LogP contribution in [-0.4, -0.2) is 18.3 Å². The lowest BCUT2D eigenvalue weighted by Gasteiger charge is -1.97. The Balaban J connectivity index is 2.67. The maximum atomic E-state index is 5.25. The minimum absolute atomic E-state index is 0.912. The minimum Gasteiger partial charge on any atom is -0.495 e. The van der Waals surface area contributed by atoms with Crippen LogP contribution in [-0.2, 0) is 0 Å². The van der Waals surface area contributed by atoms with Crippen LogP contribution >= 0.6 is 23.1 Å². The van der Waals surface area contributed by atoms with Gasteiger partial charge in [0.1, 0.15) is 5.75 Å². The number of thioether (sulfide) groups is 1. The first kappa shape index (κ1) is 8.84. The maximum Gasteiger partial charge on any atom is 0.150 e. The summed E-state index contributed by atoms with van der Waals surface area (Å²) in [4.78, 5) is 4.44. The van der Waals surface area contributed by atoms with Crippen LogP contribution in [0.2, 0.25) is 0 Å². The fourth-order valence-electron chi connectivity index (χ4n) is 1.15. The van der Waals surface area contributed by atoms with E-state index in [0.717, 1.165) is 20.3 Å². The highest BCUT2D eigenvalue weighted by Gasteiger charge is 2.06. The molecule has 0 unspecified atom stereocenters. The largest absolute Gasteiger partial charge is 0.495 e. The van der Waals surface area contributed by atoms with Crippen molar-refractivity contribution in [1.82, 2.24) is 4.98 Å². The predicted octanol–water partition coefficient (Wildman–Crippen LogP) is 3.03. The van der Waals surface area contributed by atoms with Crippen LogP contribution in [0.4, 0.5) is 0 Å². The zero-order chi connectivity index (χ0) is 9.26. The van der Waals surface area contributed by atoms with E-state index in [1.54, 1.807) is 30.2 Å². The normalized spacial score (nSPS) is 10.6. The van der Waals surface area contributed by atoms with Gasteiger partial charge in [-0.25, -0.2) is 4.98 Å². The molecular formula is C9H9NOS2. The van der Waals surface area contributed by atoms with Crippen molar-refractivity contribution < 1.29 is 4.74 Å². The summed E-state index contributed by atoms with van der Waals surface area (Å²) in [5.74, 6) is 0.912. The quantitative estimate of drug-likeness (QED) is 0.713. The number of rotatable bonds is 2. The minimum atomic E-state index is 0.912. The third-order valence-corrected chi connectivity index (χ3v) is 3.82. The third-order valence-electron chi connectivity index (χ3n) is 1.75. The zero-order valence-electron chi connectivity index (χ0n) is 7.40. The zero-order valence-corrected chi connectivity index (χ0v) is 9.04. The Hall–Kier alpha value is -0.740. The second-order valence-electron chi connectivity index (χ2n) is 2.49. The van der Waals surface area contributed by atoms with Crippen LogP contribution in [0.3, 0.4) is 0 Å². The second kappa shape index (κ2) is 3.55. The van der Waals surface area contributed by atoms with Crippen molar-refractivity contribution in [3.63, 3.8) is 0 Å². The van der Waals surface area contributed by atoms with E-state index in [4.69, 9.17) is 4.74 Å². The van der Waals surface area contributed by atoms with Gasteiger partial charge in [-0.2, -0.15) is 0 Å². The smallest absolute Gasteiger partial charge is 0.150 e. The van der Waals surface area contributed by atoms with Crippen molar-refractivity contribution >= 4 is 33.3 Å². The summed E-state index contributed by atoms with van der Waals surface area (Å²) in [5, 5.41) is 0. The number of hydrogen-bond donors (Lipinski definition) is 0. The Morgan fingerprint density at radius 1 is 1.46 bits per heavy atom. The van der Waals surface area contributed by atoms with Gasteiger partial charge < -0.3 is 4.74 Å². The van der Waals surface area contributed by atoms with E-state index in [2.05, 4.69) is 4.98 Å². The molecule has 0 bridgehead atoms. The van der Waals surface area contributed by atoms with Crippen molar-refractivity contribution in [2.24, 2.45) is 0 Å². The molecule has 68 valence electrons. The highest BCUT2D eigenvalue weighted by Crippen LogP contribution is 2.34. The lowest BCUT2D eigenvalue weighted by atomic mass is 10.3. The van der Waals surface area contributed by atoms with E-state index in [-0.39, 0.29) is 0 Å². The van der Waals surface area contributed by atoms with Crippen LogP contribution < -0.4 is 4.74 Å². The molecule has 1 heterocycles. The molecular weight excluding hydrogens is 202 g/mol. The maximum absolute atomic E-state index is 5.25. The molecule has 2 rings (SSSR count). The van der Waals surface area contributed by atoms with E-state index < -0.39 is 0 Å². The van der Waals surface area contributed by atoms with Gasteiger partial charge in [-0.05, 0) is 18.4 Å². The monoisotopic (exact) mass is 211 g/mol. The van der Waals surface area contributed by atoms with Gasteiger partial charge in [0.15, 0.2) is 4.34 Å². The molecule has 0 N–H and O–H groups in total. The molecule has 0 spiro atoms. The van der Waals surface area contributed by atoms with Gasteiger partial charge in [0.25, 0.3) is 0 Å². The number of fused-ring (bicyclic) bond motifs is 1. The van der Waals surface area contributed by atoms with E-state index in [9.17, 15) is 0 Å². The summed E-state index contributed by atoms with van der Waals surface area (Å²) < 4.78 is 7.46. The number of methoxy groups -OCH3 is 1. The molecule has 0 atom stereocenters. The number of benzene rings is 1. The number of ether oxygens (including phenoxy) is 1. The highest BCUT2D eigenvalue weighted by atomic mass is 32.2. The summed E-state index contributed by atoms with van der Waals surface area (Å²) in [6.07, 6.45) is 2.03. The van der Waals surface area contributed by atoms with E-state index >= 15 is 0 Å². The predicted molar refractivity (Wildman–Crippen MR) is 58.0 cm³/mol. The molecule has 0 saturated heterocycles. The fourth-order valence-corrected chi connectivity index (χ4v) is 2.71. The Morgan fingerprint density at radius 3 is 3.00 bits per heavy atom. The van der Waals surface area contributed by atoms with Gasteiger partial charge in [0.05, 0.1) is 17.3 Å². The van der Waals surface area contributed by atoms with Crippen LogP contribution in [0.15, 0.2) is 22.5 Å². The van der Waals surface area contributed by atoms with Gasteiger partial charge >= 0.3 is 0 Å². The van der Waals surface area contributed by atoms with Gasteiger partial charge in [-0.15, -0.1) is 11.3 Å². The molecule has 0 aliphatic carbocycles. The molecule has 0 aliphatic rings. The summed E-state index contributed by atoms with van der Waals surface area (Å²) >= 11 is 3.34. The topological polar surface area (TPSA) is 22.1 Å². The van der Waals surface area contributed by atoms with Crippen LogP contribution in [0, 0.1) is 0 Å². The molecule has 1 aromatic carbocycles. The Morgan fingerprint density at radius 2 is 2.31 bits per heavy atom. The average Bonchev–Trinajstić information content (AvgIpc) is 2.59. The number of nitrogens with zero attached hydrogens (tertiary/aromatic N) is 1. The average molecular weight is 211 g/mol. The first-order valence-electron chi connectivity index (χ1n) is 3.82. The van der Waals surface area contributed by atoms with E-state index in [1.165, 1.54) is 0 Å². The van der Waals surface area contributed by atoms with Crippen molar-refractivity contribution in [3.8, 4) is 5.75 Å². The molecule has 0 aliphatic heterocycles. The van der Waals surface area contributed by atoms with Gasteiger partial charge in [0, 0.05) is 0 Å². The molecule has 4 heteroatoms. The van der Waals surface area contributed by atoms with Crippen LogP contribution in [0.25, 0.3) is 10.2 Å². The molecule has 1 aromatic heterocycles. The Labute approximate surface area is 84.9 Å². The molecule has 0 saturated carbocycles. The summed E-state index contributed by atoms with van der Waals surface area (Å²) in [7, 11) is 1.69. The summed E-state index contributed by atoms with van der Waals surface area (Å²) in [5.41, 5.74) is 1.02. The number of aromatic nitrogens is 1. The SMILES string of the molecule is COc1cccc2nc(SC)sc12. The Bertz CT molecular complexity index is 424. The fraction of sp³-hybridized carbons (Fsp3) is 0.222. The van der Waals surface area contributed by atoms with Gasteiger partial charge in [0.2, 0.25) is 0 Å². The van der Waals surface area contributed by atoms with Crippen LogP contribution in [0.1, 0.15) is 0 Å². The summed E-state index contributed by atoms with van der Waals surface area (Å²) in [6.45, 7) is 0. The van der Waals surface area contributed by atoms with Crippen molar-refractivity contribution in [2.45, 2.75) is 4.34 Å². The summed E-state index contributed by atoms with van der Waals surface area (Å²) in [6, 6.07) is 5.93. The molecule has 2 nitrogen and oxygen atoms in total. The van der Waals surface area contributed by atoms with Gasteiger partial charge in [-0.3, -0.25) is 0 Å². The molecule has 0 fully saturated rings. The second-order valence-corrected chi connectivity index (χ2v) is 4.54. The lowest BCUT2D eigenvalue weighted by Crippen LogP contribution is -1.81. The molecule has 0 radical (unpaired) electrons. The lowest BCUT2D eigenvalue weighted by molar-refractivity contribution is 0.420. The van der Waals surface area contributed by atoms with Gasteiger partial charge in [-0.1, -0.05) is 17.8 Å². The first-order valence-corrected chi connectivity index (χ1v) is 5.87. The first-order chi connectivity index (χ1) is 6.35. The van der Waals surface area contributed by atoms with Crippen LogP contribution in [0.5, 0.6) is 5.75 Å². The number of hydrogen-bond acceptors (Lipinski definition) is 4. The van der Waals surface area contributed by atoms with Crippen molar-refractivity contribution in [2.75, 3.05) is 13.4 Å². The Kier molecular flexibility index (Phi) is 2.42. The van der Waals surface area contributed by atoms with E-state index in [0.29, 0.717) is 0 Å². The molecule has 0 amide bonds. The van der Waals surface area contributed by atoms with Crippen molar-refractivity contribution in [3.05, 3.63) is 18.2 Å². The third kappa shape index (κ3) is 1.51. The van der Waals surface area contributed by atoms with Crippen molar-refractivity contribution in [1.29, 1.82) is 0 Å².